The second-order valence-corrected chi connectivity index (χ2v) is 9.18. The molecule has 0 spiro atoms. The third-order valence-electron chi connectivity index (χ3n) is 6.05. The van der Waals surface area contributed by atoms with E-state index in [1.54, 1.807) is 33.3 Å². The van der Waals surface area contributed by atoms with Crippen LogP contribution < -0.4 is 4.74 Å². The van der Waals surface area contributed by atoms with Crippen molar-refractivity contribution in [2.75, 3.05) is 32.8 Å². The maximum Gasteiger partial charge on any atom is 0.242 e. The Balaban J connectivity index is 1.48. The predicted octanol–water partition coefficient (Wildman–Crippen LogP) is 3.81. The molecule has 2 atom stereocenters. The smallest absolute Gasteiger partial charge is 0.242 e. The minimum atomic E-state index is -0.363. The van der Waals surface area contributed by atoms with E-state index in [2.05, 4.69) is 0 Å². The number of rotatable bonds is 8. The minimum Gasteiger partial charge on any atom is -0.491 e. The molecule has 1 aromatic carbocycles. The summed E-state index contributed by atoms with van der Waals surface area (Å²) >= 11 is 1.68. The number of carbonyl (C=O) groups excluding carboxylic acids is 2. The summed E-state index contributed by atoms with van der Waals surface area (Å²) in [5.41, 5.74) is 1.07. The van der Waals surface area contributed by atoms with Gasteiger partial charge in [0.05, 0.1) is 18.7 Å². The first-order valence-electron chi connectivity index (χ1n) is 11.2. The van der Waals surface area contributed by atoms with Crippen LogP contribution in [-0.2, 0) is 20.7 Å². The summed E-state index contributed by atoms with van der Waals surface area (Å²) in [7, 11) is 0. The highest BCUT2D eigenvalue weighted by Crippen LogP contribution is 2.34. The normalized spacial score (nSPS) is 20.1. The third-order valence-corrected chi connectivity index (χ3v) is 7.04. The number of amides is 2. The van der Waals surface area contributed by atoms with Crippen molar-refractivity contribution in [1.29, 1.82) is 0 Å². The van der Waals surface area contributed by atoms with E-state index in [1.165, 1.54) is 17.0 Å². The summed E-state index contributed by atoms with van der Waals surface area (Å²) in [6.07, 6.45) is 3.02. The molecule has 1 fully saturated rings. The number of carbonyl (C=O) groups is 2. The maximum atomic E-state index is 13.6. The SMILES string of the molecule is CCC(=O)N(CC(=O)N1CCc2sccc2[C@H]1COc1cccc(F)c1)C[C@@H]1CCCO1. The summed E-state index contributed by atoms with van der Waals surface area (Å²) in [5, 5.41) is 2.03. The molecule has 2 amide bonds. The summed E-state index contributed by atoms with van der Waals surface area (Å²) in [4.78, 5) is 30.6. The number of hydrogen-bond acceptors (Lipinski definition) is 5. The van der Waals surface area contributed by atoms with Gasteiger partial charge in [-0.25, -0.2) is 4.39 Å². The van der Waals surface area contributed by atoms with Crippen LogP contribution in [0.5, 0.6) is 5.75 Å². The molecule has 2 aromatic rings. The first-order chi connectivity index (χ1) is 15.5. The lowest BCUT2D eigenvalue weighted by molar-refractivity contribution is -0.143. The van der Waals surface area contributed by atoms with E-state index in [9.17, 15) is 14.0 Å². The second-order valence-electron chi connectivity index (χ2n) is 8.18. The van der Waals surface area contributed by atoms with Crippen LogP contribution in [0, 0.1) is 5.82 Å². The molecule has 0 aliphatic carbocycles. The van der Waals surface area contributed by atoms with E-state index in [-0.39, 0.29) is 42.9 Å². The van der Waals surface area contributed by atoms with Gasteiger partial charge in [0, 0.05) is 37.1 Å². The maximum absolute atomic E-state index is 13.6. The lowest BCUT2D eigenvalue weighted by Gasteiger charge is -2.37. The molecule has 2 aliphatic rings. The monoisotopic (exact) mass is 460 g/mol. The molecule has 0 radical (unpaired) electrons. The lowest BCUT2D eigenvalue weighted by Crippen LogP contribution is -2.49. The van der Waals surface area contributed by atoms with Gasteiger partial charge in [-0.1, -0.05) is 13.0 Å². The van der Waals surface area contributed by atoms with Crippen molar-refractivity contribution in [3.05, 3.63) is 52.0 Å². The fraction of sp³-hybridized carbons (Fsp3) is 0.500. The minimum absolute atomic E-state index is 0.00441. The van der Waals surface area contributed by atoms with Crippen molar-refractivity contribution in [2.24, 2.45) is 0 Å². The molecule has 172 valence electrons. The topological polar surface area (TPSA) is 59.1 Å². The van der Waals surface area contributed by atoms with E-state index >= 15 is 0 Å². The van der Waals surface area contributed by atoms with Crippen molar-refractivity contribution in [1.82, 2.24) is 9.80 Å². The van der Waals surface area contributed by atoms with E-state index in [4.69, 9.17) is 9.47 Å². The van der Waals surface area contributed by atoms with Gasteiger partial charge < -0.3 is 19.3 Å². The van der Waals surface area contributed by atoms with Gasteiger partial charge in [-0.15, -0.1) is 11.3 Å². The molecule has 32 heavy (non-hydrogen) atoms. The van der Waals surface area contributed by atoms with Crippen LogP contribution in [0.3, 0.4) is 0 Å². The fourth-order valence-corrected chi connectivity index (χ4v) is 5.30. The second kappa shape index (κ2) is 10.4. The molecule has 0 unspecified atom stereocenters. The number of nitrogens with zero attached hydrogens (tertiary/aromatic N) is 2. The van der Waals surface area contributed by atoms with Crippen molar-refractivity contribution < 1.29 is 23.5 Å². The molecule has 4 rings (SSSR count). The molecule has 1 saturated heterocycles. The molecule has 3 heterocycles. The molecule has 0 saturated carbocycles. The van der Waals surface area contributed by atoms with E-state index in [0.717, 1.165) is 24.8 Å². The summed E-state index contributed by atoms with van der Waals surface area (Å²) in [6, 6.07) is 7.77. The van der Waals surface area contributed by atoms with Crippen LogP contribution in [0.1, 0.15) is 42.7 Å². The Morgan fingerprint density at radius 3 is 2.97 bits per heavy atom. The van der Waals surface area contributed by atoms with Gasteiger partial charge >= 0.3 is 0 Å². The Kier molecular flexibility index (Phi) is 7.42. The molecular weight excluding hydrogens is 431 g/mol. The number of halogens is 1. The third kappa shape index (κ3) is 5.30. The highest BCUT2D eigenvalue weighted by Gasteiger charge is 2.34. The van der Waals surface area contributed by atoms with Gasteiger partial charge in [-0.3, -0.25) is 9.59 Å². The zero-order valence-corrected chi connectivity index (χ0v) is 19.1. The zero-order valence-electron chi connectivity index (χ0n) is 18.3. The number of hydrogen-bond donors (Lipinski definition) is 0. The molecular formula is C24H29FN2O4S. The standard InChI is InChI=1S/C24H29FN2O4S/c1-2-23(28)26(14-19-7-4-11-30-19)15-24(29)27-10-8-22-20(9-12-32-22)21(27)16-31-18-6-3-5-17(25)13-18/h3,5-6,9,12-13,19,21H,2,4,7-8,10-11,14-16H2,1H3/t19-,21+/m0/s1. The van der Waals surface area contributed by atoms with E-state index < -0.39 is 0 Å². The highest BCUT2D eigenvalue weighted by atomic mass is 32.1. The Bertz CT molecular complexity index is 944. The number of fused-ring (bicyclic) bond motifs is 1. The van der Waals surface area contributed by atoms with E-state index in [1.807, 2.05) is 18.4 Å². The Morgan fingerprint density at radius 2 is 2.22 bits per heavy atom. The van der Waals surface area contributed by atoms with Crippen LogP contribution in [0.25, 0.3) is 0 Å². The van der Waals surface area contributed by atoms with Crippen molar-refractivity contribution >= 4 is 23.2 Å². The highest BCUT2D eigenvalue weighted by molar-refractivity contribution is 7.10. The molecule has 0 N–H and O–H groups in total. The lowest BCUT2D eigenvalue weighted by atomic mass is 10.0. The number of benzene rings is 1. The molecule has 2 aliphatic heterocycles. The van der Waals surface area contributed by atoms with Gasteiger partial charge in [0.25, 0.3) is 0 Å². The van der Waals surface area contributed by atoms with Gasteiger partial charge in [0.2, 0.25) is 11.8 Å². The average molecular weight is 461 g/mol. The van der Waals surface area contributed by atoms with Gasteiger partial charge in [0.15, 0.2) is 0 Å². The predicted molar refractivity (Wildman–Crippen MR) is 120 cm³/mol. The van der Waals surface area contributed by atoms with Gasteiger partial charge in [-0.05, 0) is 48.4 Å². The van der Waals surface area contributed by atoms with Crippen LogP contribution in [0.4, 0.5) is 4.39 Å². The van der Waals surface area contributed by atoms with Gasteiger partial charge in [-0.2, -0.15) is 0 Å². The summed E-state index contributed by atoms with van der Waals surface area (Å²) in [5.74, 6) is -0.0804. The zero-order chi connectivity index (χ0) is 22.5. The van der Waals surface area contributed by atoms with E-state index in [0.29, 0.717) is 31.9 Å². The molecule has 8 heteroatoms. The van der Waals surface area contributed by atoms with Crippen molar-refractivity contribution in [3.8, 4) is 5.75 Å². The first-order valence-corrected chi connectivity index (χ1v) is 12.1. The molecule has 1 aromatic heterocycles. The van der Waals surface area contributed by atoms with Crippen LogP contribution in [-0.4, -0.2) is 60.6 Å². The van der Waals surface area contributed by atoms with Crippen LogP contribution >= 0.6 is 11.3 Å². The van der Waals surface area contributed by atoms with Crippen LogP contribution in [0.15, 0.2) is 35.7 Å². The van der Waals surface area contributed by atoms with Crippen molar-refractivity contribution in [2.45, 2.75) is 44.8 Å². The Morgan fingerprint density at radius 1 is 1.34 bits per heavy atom. The number of ether oxygens (including phenoxy) is 2. The quantitative estimate of drug-likeness (QED) is 0.601. The van der Waals surface area contributed by atoms with Crippen LogP contribution in [0.2, 0.25) is 0 Å². The number of thiophene rings is 1. The summed E-state index contributed by atoms with van der Waals surface area (Å²) in [6.45, 7) is 3.79. The molecule has 6 nitrogen and oxygen atoms in total. The Labute approximate surface area is 191 Å². The molecule has 0 bridgehead atoms. The van der Waals surface area contributed by atoms with Crippen molar-refractivity contribution in [3.63, 3.8) is 0 Å². The fourth-order valence-electron chi connectivity index (χ4n) is 4.37. The van der Waals surface area contributed by atoms with Gasteiger partial charge in [0.1, 0.15) is 18.2 Å². The summed E-state index contributed by atoms with van der Waals surface area (Å²) < 4.78 is 25.1. The average Bonchev–Trinajstić information content (AvgIpc) is 3.48. The Hall–Kier alpha value is -2.45. The largest absolute Gasteiger partial charge is 0.491 e. The first kappa shape index (κ1) is 22.7.